The molecule has 0 fully saturated rings. The van der Waals surface area contributed by atoms with Crippen molar-refractivity contribution in [2.45, 2.75) is 0 Å². The van der Waals surface area contributed by atoms with Gasteiger partial charge >= 0.3 is 0 Å². The first-order valence-electron chi connectivity index (χ1n) is 18.7. The van der Waals surface area contributed by atoms with E-state index in [4.69, 9.17) is 18.9 Å². The highest BCUT2D eigenvalue weighted by atomic mass is 16.5. The van der Waals surface area contributed by atoms with E-state index in [2.05, 4.69) is 0 Å². The quantitative estimate of drug-likeness (QED) is 0.0707. The highest BCUT2D eigenvalue weighted by molar-refractivity contribution is 6.03. The molecule has 8 aromatic carbocycles. The summed E-state index contributed by atoms with van der Waals surface area (Å²) in [6.45, 7) is -0.271. The van der Waals surface area contributed by atoms with Crippen LogP contribution in [0.15, 0.2) is 157 Å². The first kappa shape index (κ1) is 37.3. The van der Waals surface area contributed by atoms with Gasteiger partial charge in [-0.1, -0.05) is 121 Å². The summed E-state index contributed by atoms with van der Waals surface area (Å²) in [4.78, 5) is 49.9. The maximum atomic E-state index is 12.5. The monoisotopic (exact) mass is 764 g/mol. The molecule has 8 rings (SSSR count). The number of ether oxygens (including phenoxy) is 4. The second kappa shape index (κ2) is 17.1. The molecule has 0 saturated heterocycles. The third kappa shape index (κ3) is 7.51. The molecule has 0 unspecified atom stereocenters. The molecule has 0 atom stereocenters. The third-order valence-corrected chi connectivity index (χ3v) is 10.3. The van der Waals surface area contributed by atoms with E-state index in [1.165, 1.54) is 0 Å². The summed E-state index contributed by atoms with van der Waals surface area (Å²) < 4.78 is 25.8. The molecule has 0 spiro atoms. The van der Waals surface area contributed by atoms with Gasteiger partial charge in [0.1, 0.15) is 49.4 Å². The predicted molar refractivity (Wildman–Crippen MR) is 226 cm³/mol. The van der Waals surface area contributed by atoms with Crippen LogP contribution in [0.4, 0.5) is 0 Å². The van der Waals surface area contributed by atoms with Crippen LogP contribution >= 0.6 is 0 Å². The van der Waals surface area contributed by atoms with Gasteiger partial charge in [-0.2, -0.15) is 0 Å². The summed E-state index contributed by atoms with van der Waals surface area (Å²) in [5.41, 5.74) is 2.73. The molecule has 0 bridgehead atoms. The number of rotatable bonds is 16. The van der Waals surface area contributed by atoms with Gasteiger partial charge in [-0.05, 0) is 67.4 Å². The van der Waals surface area contributed by atoms with Crippen molar-refractivity contribution in [3.63, 3.8) is 0 Å². The normalized spacial score (nSPS) is 11.0. The van der Waals surface area contributed by atoms with E-state index in [0.717, 1.165) is 68.2 Å². The molecule has 8 aromatic rings. The maximum Gasteiger partial charge on any atom is 0.154 e. The number of fused-ring (bicyclic) bond motifs is 4. The van der Waals surface area contributed by atoms with Crippen molar-refractivity contribution < 1.29 is 38.1 Å². The number of benzene rings is 8. The SMILES string of the molecule is O=Cc1c(OCC(COc2ccc3ccccc3c2C=O)=C(COc2ccc3ccccc3c2C=O)COc2ccc3ccccc3c2C=O)ccc2ccccc12. The van der Waals surface area contributed by atoms with Crippen LogP contribution in [0.3, 0.4) is 0 Å². The van der Waals surface area contributed by atoms with Gasteiger partial charge in [-0.3, -0.25) is 19.2 Å². The van der Waals surface area contributed by atoms with E-state index in [9.17, 15) is 19.2 Å². The zero-order valence-electron chi connectivity index (χ0n) is 31.3. The molecule has 8 heteroatoms. The molecule has 0 aliphatic rings. The zero-order valence-corrected chi connectivity index (χ0v) is 31.3. The van der Waals surface area contributed by atoms with E-state index in [1.54, 1.807) is 24.3 Å². The average Bonchev–Trinajstić information content (AvgIpc) is 3.28. The molecule has 284 valence electrons. The predicted octanol–water partition coefficient (Wildman–Crippen LogP) is 10.5. The zero-order chi connectivity index (χ0) is 39.8. The van der Waals surface area contributed by atoms with Crippen molar-refractivity contribution in [3.8, 4) is 23.0 Å². The van der Waals surface area contributed by atoms with Gasteiger partial charge in [0.25, 0.3) is 0 Å². The van der Waals surface area contributed by atoms with Crippen molar-refractivity contribution in [3.05, 3.63) is 179 Å². The molecule has 58 heavy (non-hydrogen) atoms. The summed E-state index contributed by atoms with van der Waals surface area (Å²) in [7, 11) is 0. The smallest absolute Gasteiger partial charge is 0.154 e. The Morgan fingerprint density at radius 3 is 0.759 bits per heavy atom. The molecular formula is C50H36O8. The van der Waals surface area contributed by atoms with Gasteiger partial charge in [0, 0.05) is 11.1 Å². The first-order chi connectivity index (χ1) is 28.6. The molecule has 0 aromatic heterocycles. The Balaban J connectivity index is 1.22. The minimum Gasteiger partial charge on any atom is -0.488 e. The Hall–Kier alpha value is -7.58. The number of carbonyl (C=O) groups excluding carboxylic acids is 4. The molecule has 0 aliphatic heterocycles. The Labute approximate surface area is 333 Å². The second-order valence-electron chi connectivity index (χ2n) is 13.6. The van der Waals surface area contributed by atoms with Crippen LogP contribution in [-0.2, 0) is 0 Å². The molecule has 0 radical (unpaired) electrons. The maximum absolute atomic E-state index is 12.5. The van der Waals surface area contributed by atoms with E-state index in [-0.39, 0.29) is 26.4 Å². The third-order valence-electron chi connectivity index (χ3n) is 10.3. The Morgan fingerprint density at radius 1 is 0.310 bits per heavy atom. The molecular weight excluding hydrogens is 729 g/mol. The van der Waals surface area contributed by atoms with Gasteiger partial charge in [0.2, 0.25) is 0 Å². The van der Waals surface area contributed by atoms with Crippen LogP contribution < -0.4 is 18.9 Å². The number of hydrogen-bond acceptors (Lipinski definition) is 8. The van der Waals surface area contributed by atoms with Crippen molar-refractivity contribution in [2.75, 3.05) is 26.4 Å². The summed E-state index contributed by atoms with van der Waals surface area (Å²) in [5, 5.41) is 6.52. The lowest BCUT2D eigenvalue weighted by Crippen LogP contribution is -2.20. The molecule has 0 aliphatic carbocycles. The Morgan fingerprint density at radius 2 is 0.534 bits per heavy atom. The van der Waals surface area contributed by atoms with Crippen molar-refractivity contribution in [1.29, 1.82) is 0 Å². The summed E-state index contributed by atoms with van der Waals surface area (Å²) in [5.74, 6) is 1.45. The lowest BCUT2D eigenvalue weighted by atomic mass is 10.0. The van der Waals surface area contributed by atoms with Gasteiger partial charge < -0.3 is 18.9 Å². The van der Waals surface area contributed by atoms with E-state index >= 15 is 0 Å². The average molecular weight is 765 g/mol. The largest absolute Gasteiger partial charge is 0.488 e. The summed E-state index contributed by atoms with van der Waals surface area (Å²) in [6.07, 6.45) is 3.10. The van der Waals surface area contributed by atoms with E-state index < -0.39 is 0 Å². The molecule has 0 N–H and O–H groups in total. The number of aldehydes is 4. The van der Waals surface area contributed by atoms with Crippen LogP contribution in [0.1, 0.15) is 41.4 Å². The standard InChI is InChI=1S/C50H36O8/c51-25-43-39-13-5-1-9-33(39)17-21-47(43)55-29-37(30-56-48-22-18-34-10-2-6-14-40(34)44(48)26-52)38(31-57-49-23-19-35-11-3-7-15-41(35)45(49)27-53)32-58-50-24-20-36-12-4-8-16-42(36)46(50)28-54/h1-28H,29-32H2. The highest BCUT2D eigenvalue weighted by Gasteiger charge is 2.19. The topological polar surface area (TPSA) is 105 Å². The van der Waals surface area contributed by atoms with Gasteiger partial charge in [-0.25, -0.2) is 0 Å². The minimum atomic E-state index is -0.0677. The number of carbonyl (C=O) groups is 4. The van der Waals surface area contributed by atoms with Crippen molar-refractivity contribution in [1.82, 2.24) is 0 Å². The lowest BCUT2D eigenvalue weighted by molar-refractivity contribution is 0.111. The first-order valence-corrected chi connectivity index (χ1v) is 18.7. The van der Waals surface area contributed by atoms with Gasteiger partial charge in [0.15, 0.2) is 25.1 Å². The van der Waals surface area contributed by atoms with Crippen LogP contribution in [0.2, 0.25) is 0 Å². The van der Waals surface area contributed by atoms with Crippen LogP contribution in [0.25, 0.3) is 43.1 Å². The lowest BCUT2D eigenvalue weighted by Gasteiger charge is -2.21. The summed E-state index contributed by atoms with van der Waals surface area (Å²) in [6, 6.07) is 44.8. The van der Waals surface area contributed by atoms with E-state index in [0.29, 0.717) is 56.4 Å². The molecule has 0 saturated carbocycles. The van der Waals surface area contributed by atoms with Crippen LogP contribution in [0.5, 0.6) is 23.0 Å². The minimum absolute atomic E-state index is 0.0677. The number of hydrogen-bond donors (Lipinski definition) is 0. The molecule has 8 nitrogen and oxygen atoms in total. The van der Waals surface area contributed by atoms with Crippen molar-refractivity contribution in [2.24, 2.45) is 0 Å². The van der Waals surface area contributed by atoms with Crippen molar-refractivity contribution >= 4 is 68.2 Å². The fourth-order valence-electron chi connectivity index (χ4n) is 7.24. The van der Waals surface area contributed by atoms with E-state index in [1.807, 2.05) is 121 Å². The molecule has 0 amide bonds. The Kier molecular flexibility index (Phi) is 11.0. The van der Waals surface area contributed by atoms with Gasteiger partial charge in [-0.15, -0.1) is 0 Å². The Bertz CT molecular complexity index is 2500. The highest BCUT2D eigenvalue weighted by Crippen LogP contribution is 2.32. The van der Waals surface area contributed by atoms with Gasteiger partial charge in [0.05, 0.1) is 22.3 Å². The second-order valence-corrected chi connectivity index (χ2v) is 13.6. The van der Waals surface area contributed by atoms with Crippen LogP contribution in [0, 0.1) is 0 Å². The molecule has 0 heterocycles. The summed E-state index contributed by atoms with van der Waals surface area (Å²) >= 11 is 0. The fraction of sp³-hybridized carbons (Fsp3) is 0.0800. The fourth-order valence-corrected chi connectivity index (χ4v) is 7.24. The van der Waals surface area contributed by atoms with Crippen LogP contribution in [-0.4, -0.2) is 51.6 Å².